The van der Waals surface area contributed by atoms with Crippen LogP contribution in [0.2, 0.25) is 0 Å². The number of nitrogens with zero attached hydrogens (tertiary/aromatic N) is 4. The first-order chi connectivity index (χ1) is 15.6. The van der Waals surface area contributed by atoms with Gasteiger partial charge in [0.05, 0.1) is 12.6 Å². The van der Waals surface area contributed by atoms with Crippen LogP contribution in [0.4, 0.5) is 0 Å². The maximum Gasteiger partial charge on any atom is 0.128 e. The third-order valence-electron chi connectivity index (χ3n) is 6.16. The number of H-pyrrole nitrogens is 1. The summed E-state index contributed by atoms with van der Waals surface area (Å²) in [7, 11) is 3.69. The number of rotatable bonds is 7. The third kappa shape index (κ3) is 3.96. The van der Waals surface area contributed by atoms with Crippen LogP contribution >= 0.6 is 0 Å². The molecule has 0 saturated heterocycles. The second kappa shape index (κ2) is 8.46. The Morgan fingerprint density at radius 2 is 1.94 bits per heavy atom. The number of nitrogens with one attached hydrogen (secondary N) is 1. The highest BCUT2D eigenvalue weighted by atomic mass is 16.5. The van der Waals surface area contributed by atoms with E-state index < -0.39 is 0 Å². The van der Waals surface area contributed by atoms with Gasteiger partial charge in [0.15, 0.2) is 0 Å². The van der Waals surface area contributed by atoms with Gasteiger partial charge < -0.3 is 9.72 Å². The van der Waals surface area contributed by atoms with Crippen molar-refractivity contribution in [3.05, 3.63) is 83.2 Å². The van der Waals surface area contributed by atoms with Crippen molar-refractivity contribution in [2.24, 2.45) is 7.05 Å². The molecular weight excluding hydrogens is 398 g/mol. The Hall–Kier alpha value is -3.67. The molecule has 3 aromatic heterocycles. The fourth-order valence-electron chi connectivity index (χ4n) is 4.28. The molecule has 0 amide bonds. The second-order valence-electron chi connectivity index (χ2n) is 8.28. The molecule has 0 fully saturated rings. The topological polar surface area (TPSA) is 68.6 Å². The summed E-state index contributed by atoms with van der Waals surface area (Å²) in [6.07, 6.45) is 7.56. The first-order valence-corrected chi connectivity index (χ1v) is 11.0. The SMILES string of the molecule is COc1ccc2[nH]cc(CCCc3nccc(Cc4ccc5c(C)n(C)nc5c4)n3)c2c1. The van der Waals surface area contributed by atoms with Gasteiger partial charge in [-0.25, -0.2) is 9.97 Å². The molecule has 3 heterocycles. The summed E-state index contributed by atoms with van der Waals surface area (Å²) < 4.78 is 7.31. The molecule has 0 atom stereocenters. The number of fused-ring (bicyclic) bond motifs is 2. The summed E-state index contributed by atoms with van der Waals surface area (Å²) >= 11 is 0. The highest BCUT2D eigenvalue weighted by molar-refractivity contribution is 5.84. The van der Waals surface area contributed by atoms with Gasteiger partial charge in [0.25, 0.3) is 0 Å². The molecule has 0 saturated carbocycles. The number of hydrogen-bond donors (Lipinski definition) is 1. The predicted octanol–water partition coefficient (Wildman–Crippen LogP) is 4.93. The number of methoxy groups -OCH3 is 1. The largest absolute Gasteiger partial charge is 0.497 e. The molecule has 0 radical (unpaired) electrons. The molecule has 162 valence electrons. The van der Waals surface area contributed by atoms with E-state index in [1.165, 1.54) is 27.6 Å². The zero-order chi connectivity index (χ0) is 22.1. The average Bonchev–Trinajstić information content (AvgIpc) is 3.33. The lowest BCUT2D eigenvalue weighted by Gasteiger charge is -2.05. The molecule has 5 rings (SSSR count). The fraction of sp³-hybridized carbons (Fsp3) is 0.269. The van der Waals surface area contributed by atoms with E-state index >= 15 is 0 Å². The lowest BCUT2D eigenvalue weighted by Crippen LogP contribution is -2.01. The van der Waals surface area contributed by atoms with E-state index in [0.717, 1.165) is 54.0 Å². The molecule has 5 aromatic rings. The average molecular weight is 426 g/mol. The number of aromatic amines is 1. The lowest BCUT2D eigenvalue weighted by molar-refractivity contribution is 0.415. The Morgan fingerprint density at radius 3 is 2.81 bits per heavy atom. The zero-order valence-corrected chi connectivity index (χ0v) is 18.7. The Morgan fingerprint density at radius 1 is 1.03 bits per heavy atom. The van der Waals surface area contributed by atoms with Gasteiger partial charge in [-0.15, -0.1) is 0 Å². The molecule has 6 nitrogen and oxygen atoms in total. The van der Waals surface area contributed by atoms with Crippen LogP contribution in [0.15, 0.2) is 54.9 Å². The standard InChI is InChI=1S/C26H27N5O/c1-17-22-9-7-18(14-25(22)30-31(17)2)13-20-11-12-27-26(29-20)6-4-5-19-16-28-24-10-8-21(32-3)15-23(19)24/h7-12,14-16,28H,4-6,13H2,1-3H3. The van der Waals surface area contributed by atoms with Crippen molar-refractivity contribution in [3.63, 3.8) is 0 Å². The van der Waals surface area contributed by atoms with Crippen molar-refractivity contribution in [3.8, 4) is 5.75 Å². The van der Waals surface area contributed by atoms with Crippen molar-refractivity contribution in [2.45, 2.75) is 32.6 Å². The molecule has 0 aliphatic heterocycles. The summed E-state index contributed by atoms with van der Waals surface area (Å²) in [6.45, 7) is 2.10. The quantitative estimate of drug-likeness (QED) is 0.402. The van der Waals surface area contributed by atoms with Crippen LogP contribution in [0, 0.1) is 6.92 Å². The molecule has 0 spiro atoms. The highest BCUT2D eigenvalue weighted by Gasteiger charge is 2.09. The van der Waals surface area contributed by atoms with Crippen LogP contribution in [0.5, 0.6) is 5.75 Å². The van der Waals surface area contributed by atoms with E-state index in [9.17, 15) is 0 Å². The molecule has 0 unspecified atom stereocenters. The number of aryl methyl sites for hydroxylation is 4. The minimum Gasteiger partial charge on any atom is -0.497 e. The minimum absolute atomic E-state index is 0.781. The lowest BCUT2D eigenvalue weighted by atomic mass is 10.1. The van der Waals surface area contributed by atoms with E-state index in [1.54, 1.807) is 7.11 Å². The number of ether oxygens (including phenoxy) is 1. The monoisotopic (exact) mass is 425 g/mol. The van der Waals surface area contributed by atoms with Gasteiger partial charge in [-0.05, 0) is 61.2 Å². The molecule has 1 N–H and O–H groups in total. The molecule has 0 bridgehead atoms. The van der Waals surface area contributed by atoms with Gasteiger partial charge in [-0.3, -0.25) is 4.68 Å². The van der Waals surface area contributed by atoms with E-state index in [0.29, 0.717) is 0 Å². The van der Waals surface area contributed by atoms with Crippen LogP contribution in [0.25, 0.3) is 21.8 Å². The summed E-state index contributed by atoms with van der Waals surface area (Å²) in [5.41, 5.74) is 6.91. The van der Waals surface area contributed by atoms with Gasteiger partial charge in [0.1, 0.15) is 11.6 Å². The summed E-state index contributed by atoms with van der Waals surface area (Å²) in [5.74, 6) is 1.78. The van der Waals surface area contributed by atoms with Gasteiger partial charge in [-0.1, -0.05) is 12.1 Å². The van der Waals surface area contributed by atoms with Gasteiger partial charge in [0.2, 0.25) is 0 Å². The van der Waals surface area contributed by atoms with Crippen LogP contribution in [-0.2, 0) is 26.3 Å². The number of hydrogen-bond acceptors (Lipinski definition) is 4. The van der Waals surface area contributed by atoms with E-state index in [-0.39, 0.29) is 0 Å². The first kappa shape index (κ1) is 20.2. The Kier molecular flexibility index (Phi) is 5.35. The summed E-state index contributed by atoms with van der Waals surface area (Å²) in [4.78, 5) is 12.7. The van der Waals surface area contributed by atoms with Crippen molar-refractivity contribution >= 4 is 21.8 Å². The third-order valence-corrected chi connectivity index (χ3v) is 6.16. The Labute approximate surface area is 187 Å². The minimum atomic E-state index is 0.781. The van der Waals surface area contributed by atoms with E-state index in [1.807, 2.05) is 30.1 Å². The van der Waals surface area contributed by atoms with Crippen molar-refractivity contribution in [2.75, 3.05) is 7.11 Å². The maximum atomic E-state index is 5.37. The molecule has 2 aromatic carbocycles. The number of aromatic nitrogens is 5. The summed E-state index contributed by atoms with van der Waals surface area (Å²) in [6, 6.07) is 14.6. The van der Waals surface area contributed by atoms with Gasteiger partial charge in [-0.2, -0.15) is 5.10 Å². The number of benzene rings is 2. The predicted molar refractivity (Wildman–Crippen MR) is 127 cm³/mol. The van der Waals surface area contributed by atoms with Crippen LogP contribution < -0.4 is 4.74 Å². The maximum absolute atomic E-state index is 5.37. The molecule has 0 aliphatic rings. The molecule has 0 aliphatic carbocycles. The van der Waals surface area contributed by atoms with Crippen LogP contribution in [0.1, 0.15) is 34.8 Å². The molecule has 32 heavy (non-hydrogen) atoms. The van der Waals surface area contributed by atoms with Crippen LogP contribution in [-0.4, -0.2) is 31.8 Å². The van der Waals surface area contributed by atoms with E-state index in [2.05, 4.69) is 58.5 Å². The van der Waals surface area contributed by atoms with E-state index in [4.69, 9.17) is 9.72 Å². The normalized spacial score (nSPS) is 11.5. The summed E-state index contributed by atoms with van der Waals surface area (Å²) in [5, 5.41) is 7.03. The van der Waals surface area contributed by atoms with Crippen LogP contribution in [0.3, 0.4) is 0 Å². The Bertz CT molecular complexity index is 1400. The van der Waals surface area contributed by atoms with Gasteiger partial charge >= 0.3 is 0 Å². The Balaban J connectivity index is 1.26. The fourth-order valence-corrected chi connectivity index (χ4v) is 4.28. The van der Waals surface area contributed by atoms with Crippen molar-refractivity contribution < 1.29 is 4.74 Å². The molecule has 6 heteroatoms. The van der Waals surface area contributed by atoms with Crippen molar-refractivity contribution in [1.82, 2.24) is 24.7 Å². The van der Waals surface area contributed by atoms with Crippen molar-refractivity contribution in [1.29, 1.82) is 0 Å². The second-order valence-corrected chi connectivity index (χ2v) is 8.28. The highest BCUT2D eigenvalue weighted by Crippen LogP contribution is 2.25. The zero-order valence-electron chi connectivity index (χ0n) is 18.7. The van der Waals surface area contributed by atoms with Gasteiger partial charge in [0, 0.05) is 60.0 Å². The smallest absolute Gasteiger partial charge is 0.128 e. The first-order valence-electron chi connectivity index (χ1n) is 11.0. The molecular formula is C26H27N5O.